The Morgan fingerprint density at radius 1 is 1.24 bits per heavy atom. The predicted molar refractivity (Wildman–Crippen MR) is 92.6 cm³/mol. The van der Waals surface area contributed by atoms with Gasteiger partial charge in [-0.25, -0.2) is 4.39 Å². The van der Waals surface area contributed by atoms with Gasteiger partial charge in [0, 0.05) is 31.0 Å². The minimum Gasteiger partial charge on any atom is -0.335 e. The lowest BCUT2D eigenvalue weighted by atomic mass is 9.87. The molecule has 2 aromatic rings. The Bertz CT molecular complexity index is 686. The largest absolute Gasteiger partial charge is 0.335 e. The van der Waals surface area contributed by atoms with Crippen LogP contribution in [0.1, 0.15) is 50.8 Å². The zero-order valence-corrected chi connectivity index (χ0v) is 14.5. The number of halogens is 1. The van der Waals surface area contributed by atoms with Gasteiger partial charge in [0.1, 0.15) is 0 Å². The molecule has 0 bridgehead atoms. The Morgan fingerprint density at radius 3 is 2.92 bits per heavy atom. The number of likely N-dealkylation sites (tertiary alicyclic amines) is 1. The molecular formula is C19H25FN4O. The summed E-state index contributed by atoms with van der Waals surface area (Å²) in [5.74, 6) is 1.23. The van der Waals surface area contributed by atoms with Gasteiger partial charge < -0.3 is 4.52 Å². The molecule has 0 radical (unpaired) electrons. The molecule has 3 heterocycles. The summed E-state index contributed by atoms with van der Waals surface area (Å²) in [5, 5.41) is 3.96. The van der Waals surface area contributed by atoms with Crippen molar-refractivity contribution in [3.63, 3.8) is 0 Å². The molecule has 1 aliphatic carbocycles. The maximum atomic E-state index is 15.6. The van der Waals surface area contributed by atoms with Gasteiger partial charge in [0.05, 0.1) is 0 Å². The highest BCUT2D eigenvalue weighted by Crippen LogP contribution is 2.36. The Balaban J connectivity index is 1.46. The van der Waals surface area contributed by atoms with Gasteiger partial charge in [0.2, 0.25) is 11.5 Å². The molecule has 0 aromatic carbocycles. The molecule has 134 valence electrons. The molecule has 1 saturated carbocycles. The summed E-state index contributed by atoms with van der Waals surface area (Å²) < 4.78 is 20.9. The lowest BCUT2D eigenvalue weighted by Crippen LogP contribution is -2.45. The van der Waals surface area contributed by atoms with Crippen LogP contribution in [-0.2, 0) is 5.67 Å². The number of hydrogen-bond donors (Lipinski definition) is 0. The van der Waals surface area contributed by atoms with Crippen LogP contribution in [0.25, 0.3) is 11.4 Å². The van der Waals surface area contributed by atoms with Gasteiger partial charge in [-0.2, -0.15) is 4.98 Å². The smallest absolute Gasteiger partial charge is 0.265 e. The van der Waals surface area contributed by atoms with Gasteiger partial charge in [0.15, 0.2) is 0 Å². The second-order valence-corrected chi connectivity index (χ2v) is 7.47. The van der Waals surface area contributed by atoms with E-state index in [2.05, 4.69) is 20.0 Å². The molecule has 0 spiro atoms. The van der Waals surface area contributed by atoms with Gasteiger partial charge in [0.25, 0.3) is 5.89 Å². The highest BCUT2D eigenvalue weighted by Gasteiger charge is 2.42. The molecule has 1 saturated heterocycles. The number of pyridine rings is 1. The van der Waals surface area contributed by atoms with E-state index >= 15 is 4.39 Å². The molecule has 25 heavy (non-hydrogen) atoms. The van der Waals surface area contributed by atoms with Gasteiger partial charge in [-0.05, 0) is 50.3 Å². The van der Waals surface area contributed by atoms with Crippen molar-refractivity contribution in [3.05, 3.63) is 30.4 Å². The highest BCUT2D eigenvalue weighted by molar-refractivity contribution is 5.52. The maximum Gasteiger partial charge on any atom is 0.265 e. The Hall–Kier alpha value is -1.82. The average molecular weight is 344 g/mol. The third kappa shape index (κ3) is 3.73. The zero-order valence-electron chi connectivity index (χ0n) is 14.5. The van der Waals surface area contributed by atoms with Crippen LogP contribution < -0.4 is 0 Å². The molecule has 5 nitrogen and oxygen atoms in total. The van der Waals surface area contributed by atoms with Crippen LogP contribution in [0.2, 0.25) is 0 Å². The van der Waals surface area contributed by atoms with Crippen molar-refractivity contribution in [1.82, 2.24) is 20.0 Å². The number of rotatable bonds is 4. The number of aromatic nitrogens is 3. The second-order valence-electron chi connectivity index (χ2n) is 7.47. The molecule has 2 aromatic heterocycles. The Labute approximate surface area is 147 Å². The van der Waals surface area contributed by atoms with Gasteiger partial charge in [-0.1, -0.05) is 24.4 Å². The summed E-state index contributed by atoms with van der Waals surface area (Å²) in [5.41, 5.74) is -0.795. The molecule has 2 aliphatic rings. The first kappa shape index (κ1) is 16.6. The van der Waals surface area contributed by atoms with Crippen molar-refractivity contribution >= 4 is 0 Å². The minimum atomic E-state index is -1.54. The monoisotopic (exact) mass is 344 g/mol. The normalized spacial score (nSPS) is 26.0. The van der Waals surface area contributed by atoms with E-state index in [-0.39, 0.29) is 5.89 Å². The van der Waals surface area contributed by atoms with Crippen LogP contribution in [0.5, 0.6) is 0 Å². The lowest BCUT2D eigenvalue weighted by Gasteiger charge is -2.37. The first-order valence-corrected chi connectivity index (χ1v) is 9.39. The fourth-order valence-corrected chi connectivity index (χ4v) is 4.18. The van der Waals surface area contributed by atoms with Crippen LogP contribution in [0.3, 0.4) is 0 Å². The van der Waals surface area contributed by atoms with E-state index in [1.165, 1.54) is 32.1 Å². The van der Waals surface area contributed by atoms with Crippen molar-refractivity contribution in [2.75, 3.05) is 19.6 Å². The molecule has 4 rings (SSSR count). The first-order chi connectivity index (χ1) is 12.2. The SMILES string of the molecule is FC1(c2nc(-c3cccnc3)no2)CCCN(CC2CCCCC2)C1. The van der Waals surface area contributed by atoms with E-state index in [0.29, 0.717) is 24.7 Å². The number of alkyl halides is 1. The predicted octanol–water partition coefficient (Wildman–Crippen LogP) is 3.97. The zero-order chi connectivity index (χ0) is 17.1. The molecule has 6 heteroatoms. The Kier molecular flexibility index (Phi) is 4.79. The summed E-state index contributed by atoms with van der Waals surface area (Å²) in [4.78, 5) is 10.6. The van der Waals surface area contributed by atoms with E-state index in [1.54, 1.807) is 12.4 Å². The summed E-state index contributed by atoms with van der Waals surface area (Å²) >= 11 is 0. The van der Waals surface area contributed by atoms with Crippen molar-refractivity contribution in [1.29, 1.82) is 0 Å². The maximum absolute atomic E-state index is 15.6. The van der Waals surface area contributed by atoms with Gasteiger partial charge >= 0.3 is 0 Å². The number of piperidine rings is 1. The fraction of sp³-hybridized carbons (Fsp3) is 0.632. The summed E-state index contributed by atoms with van der Waals surface area (Å²) in [6.45, 7) is 2.32. The van der Waals surface area contributed by atoms with Crippen LogP contribution in [0, 0.1) is 5.92 Å². The molecule has 2 fully saturated rings. The van der Waals surface area contributed by atoms with Crippen LogP contribution in [-0.4, -0.2) is 39.7 Å². The van der Waals surface area contributed by atoms with Crippen molar-refractivity contribution in [2.45, 2.75) is 50.6 Å². The quantitative estimate of drug-likeness (QED) is 0.840. The molecule has 1 atom stereocenters. The fourth-order valence-electron chi connectivity index (χ4n) is 4.18. The summed E-state index contributed by atoms with van der Waals surface area (Å²) in [7, 11) is 0. The van der Waals surface area contributed by atoms with Gasteiger partial charge in [-0.15, -0.1) is 0 Å². The first-order valence-electron chi connectivity index (χ1n) is 9.39. The van der Waals surface area contributed by atoms with Crippen LogP contribution in [0.15, 0.2) is 29.0 Å². The van der Waals surface area contributed by atoms with E-state index in [1.807, 2.05) is 12.1 Å². The number of hydrogen-bond acceptors (Lipinski definition) is 5. The minimum absolute atomic E-state index is 0.111. The van der Waals surface area contributed by atoms with Crippen molar-refractivity contribution < 1.29 is 8.91 Å². The standard InChI is InChI=1S/C19H25FN4O/c20-19(18-22-17(23-25-18)16-8-4-10-21-12-16)9-5-11-24(14-19)13-15-6-2-1-3-7-15/h4,8,10,12,15H,1-3,5-7,9,11,13-14H2. The van der Waals surface area contributed by atoms with E-state index in [0.717, 1.165) is 25.1 Å². The molecule has 1 aliphatic heterocycles. The second kappa shape index (κ2) is 7.20. The van der Waals surface area contributed by atoms with E-state index < -0.39 is 5.67 Å². The van der Waals surface area contributed by atoms with Crippen LogP contribution >= 0.6 is 0 Å². The van der Waals surface area contributed by atoms with Gasteiger partial charge in [-0.3, -0.25) is 9.88 Å². The highest BCUT2D eigenvalue weighted by atomic mass is 19.1. The average Bonchev–Trinajstić information content (AvgIpc) is 3.15. The summed E-state index contributed by atoms with van der Waals surface area (Å²) in [6.07, 6.45) is 11.2. The molecule has 0 N–H and O–H groups in total. The van der Waals surface area contributed by atoms with Crippen molar-refractivity contribution in [2.24, 2.45) is 5.92 Å². The van der Waals surface area contributed by atoms with E-state index in [9.17, 15) is 0 Å². The third-order valence-electron chi connectivity index (χ3n) is 5.49. The molecule has 0 amide bonds. The number of nitrogens with zero attached hydrogens (tertiary/aromatic N) is 4. The molecular weight excluding hydrogens is 319 g/mol. The molecule has 1 unspecified atom stereocenters. The van der Waals surface area contributed by atoms with Crippen molar-refractivity contribution in [3.8, 4) is 11.4 Å². The topological polar surface area (TPSA) is 55.1 Å². The lowest BCUT2D eigenvalue weighted by molar-refractivity contribution is 0.00744. The van der Waals surface area contributed by atoms with E-state index in [4.69, 9.17) is 4.52 Å². The summed E-state index contributed by atoms with van der Waals surface area (Å²) in [6, 6.07) is 3.66. The Morgan fingerprint density at radius 2 is 2.12 bits per heavy atom. The van der Waals surface area contributed by atoms with Crippen LogP contribution in [0.4, 0.5) is 4.39 Å². The third-order valence-corrected chi connectivity index (χ3v) is 5.49.